The lowest BCUT2D eigenvalue weighted by Gasteiger charge is -2.09. The molecule has 0 aliphatic carbocycles. The highest BCUT2D eigenvalue weighted by atomic mass is 16.5. The number of hydrogen-bond donors (Lipinski definition) is 2. The zero-order chi connectivity index (χ0) is 15.2. The Bertz CT molecular complexity index is 711. The van der Waals surface area contributed by atoms with Gasteiger partial charge in [0.1, 0.15) is 5.69 Å². The van der Waals surface area contributed by atoms with Crippen molar-refractivity contribution < 1.29 is 9.47 Å². The number of nitrogens with zero attached hydrogens (tertiary/aromatic N) is 3. The van der Waals surface area contributed by atoms with E-state index in [1.165, 1.54) is 6.21 Å². The van der Waals surface area contributed by atoms with Crippen LogP contribution in [0.4, 0.5) is 5.95 Å². The number of anilines is 1. The molecule has 0 aliphatic rings. The van der Waals surface area contributed by atoms with Gasteiger partial charge in [-0.3, -0.25) is 9.78 Å². The number of methoxy groups -OCH3 is 2. The van der Waals surface area contributed by atoms with Crippen LogP contribution in [0.3, 0.4) is 0 Å². The third-order valence-corrected chi connectivity index (χ3v) is 2.67. The van der Waals surface area contributed by atoms with Gasteiger partial charge in [-0.2, -0.15) is 5.10 Å². The Morgan fingerprint density at radius 1 is 1.29 bits per heavy atom. The second-order valence-electron chi connectivity index (χ2n) is 4.04. The van der Waals surface area contributed by atoms with Crippen molar-refractivity contribution in [1.29, 1.82) is 0 Å². The van der Waals surface area contributed by atoms with Crippen molar-refractivity contribution >= 4 is 12.2 Å². The van der Waals surface area contributed by atoms with E-state index in [1.54, 1.807) is 27.2 Å². The lowest BCUT2D eigenvalue weighted by molar-refractivity contribution is 0.354. The SMILES string of the molecule is COc1cccc(C=NNc2nnc(C)c(=O)[nH]2)c1OC. The van der Waals surface area contributed by atoms with Crippen molar-refractivity contribution in [1.82, 2.24) is 15.2 Å². The van der Waals surface area contributed by atoms with E-state index in [1.807, 2.05) is 12.1 Å². The molecule has 0 fully saturated rings. The lowest BCUT2D eigenvalue weighted by Crippen LogP contribution is -2.15. The average Bonchev–Trinajstić information content (AvgIpc) is 2.50. The number of aromatic amines is 1. The van der Waals surface area contributed by atoms with Gasteiger partial charge in [0.2, 0.25) is 5.95 Å². The van der Waals surface area contributed by atoms with Crippen LogP contribution in [0.2, 0.25) is 0 Å². The van der Waals surface area contributed by atoms with E-state index >= 15 is 0 Å². The number of H-pyrrole nitrogens is 1. The van der Waals surface area contributed by atoms with Gasteiger partial charge in [-0.1, -0.05) is 6.07 Å². The van der Waals surface area contributed by atoms with E-state index in [0.29, 0.717) is 22.8 Å². The summed E-state index contributed by atoms with van der Waals surface area (Å²) < 4.78 is 10.5. The highest BCUT2D eigenvalue weighted by molar-refractivity contribution is 5.85. The normalized spacial score (nSPS) is 10.6. The first-order valence-electron chi connectivity index (χ1n) is 6.09. The molecule has 0 aliphatic heterocycles. The topological polar surface area (TPSA) is 101 Å². The number of ether oxygens (including phenoxy) is 2. The summed E-state index contributed by atoms with van der Waals surface area (Å²) >= 11 is 0. The summed E-state index contributed by atoms with van der Waals surface area (Å²) in [5, 5.41) is 11.4. The molecule has 8 nitrogen and oxygen atoms in total. The summed E-state index contributed by atoms with van der Waals surface area (Å²) in [6.07, 6.45) is 1.53. The Labute approximate surface area is 120 Å². The summed E-state index contributed by atoms with van der Waals surface area (Å²) in [4.78, 5) is 13.9. The Kier molecular flexibility index (Phi) is 4.50. The molecule has 1 heterocycles. The van der Waals surface area contributed by atoms with Crippen LogP contribution in [0.25, 0.3) is 0 Å². The standard InChI is InChI=1S/C13H15N5O3/c1-8-12(19)15-13(18-16-8)17-14-7-9-5-4-6-10(20-2)11(9)21-3/h4-7H,1-3H3,(H2,15,17,18,19). The third kappa shape index (κ3) is 3.35. The van der Waals surface area contributed by atoms with Crippen LogP contribution in [-0.4, -0.2) is 35.6 Å². The molecule has 0 spiro atoms. The van der Waals surface area contributed by atoms with E-state index in [9.17, 15) is 4.79 Å². The van der Waals surface area contributed by atoms with Crippen LogP contribution in [0, 0.1) is 6.92 Å². The number of nitrogens with one attached hydrogen (secondary N) is 2. The van der Waals surface area contributed by atoms with E-state index in [4.69, 9.17) is 9.47 Å². The third-order valence-electron chi connectivity index (χ3n) is 2.67. The molecule has 0 saturated carbocycles. The molecule has 8 heteroatoms. The van der Waals surface area contributed by atoms with Crippen LogP contribution < -0.4 is 20.5 Å². The maximum Gasteiger partial charge on any atom is 0.274 e. The van der Waals surface area contributed by atoms with Crippen molar-refractivity contribution in [2.45, 2.75) is 6.92 Å². The second-order valence-corrected chi connectivity index (χ2v) is 4.04. The minimum atomic E-state index is -0.318. The maximum atomic E-state index is 11.4. The van der Waals surface area contributed by atoms with Crippen LogP contribution in [-0.2, 0) is 0 Å². The number of hydrogen-bond acceptors (Lipinski definition) is 7. The van der Waals surface area contributed by atoms with Crippen molar-refractivity contribution in [2.24, 2.45) is 5.10 Å². The predicted octanol–water partition coefficient (Wildman–Crippen LogP) is 0.937. The molecular formula is C13H15N5O3. The summed E-state index contributed by atoms with van der Waals surface area (Å²) in [7, 11) is 3.11. The average molecular weight is 289 g/mol. The largest absolute Gasteiger partial charge is 0.493 e. The molecule has 110 valence electrons. The molecular weight excluding hydrogens is 274 g/mol. The fraction of sp³-hybridized carbons (Fsp3) is 0.231. The molecule has 2 aromatic rings. The van der Waals surface area contributed by atoms with Crippen molar-refractivity contribution in [3.05, 3.63) is 39.8 Å². The van der Waals surface area contributed by atoms with E-state index in [-0.39, 0.29) is 11.5 Å². The first-order chi connectivity index (χ1) is 10.2. The molecule has 2 N–H and O–H groups in total. The van der Waals surface area contributed by atoms with Crippen LogP contribution in [0.5, 0.6) is 11.5 Å². The summed E-state index contributed by atoms with van der Waals surface area (Å²) in [5.74, 6) is 1.32. The Balaban J connectivity index is 2.18. The number of rotatable bonds is 5. The quantitative estimate of drug-likeness (QED) is 0.627. The molecule has 0 saturated heterocycles. The van der Waals surface area contributed by atoms with Crippen LogP contribution >= 0.6 is 0 Å². The van der Waals surface area contributed by atoms with Crippen molar-refractivity contribution in [3.63, 3.8) is 0 Å². The van der Waals surface area contributed by atoms with Gasteiger partial charge in [0.05, 0.1) is 20.4 Å². The molecule has 21 heavy (non-hydrogen) atoms. The van der Waals surface area contributed by atoms with Gasteiger partial charge in [-0.05, 0) is 19.1 Å². The summed E-state index contributed by atoms with van der Waals surface area (Å²) in [6.45, 7) is 1.57. The van der Waals surface area contributed by atoms with Gasteiger partial charge < -0.3 is 9.47 Å². The van der Waals surface area contributed by atoms with Gasteiger partial charge in [0, 0.05) is 5.56 Å². The number of para-hydroxylation sites is 1. The molecule has 0 unspecified atom stereocenters. The van der Waals surface area contributed by atoms with Gasteiger partial charge in [-0.25, -0.2) is 5.43 Å². The zero-order valence-electron chi connectivity index (χ0n) is 11.9. The summed E-state index contributed by atoms with van der Waals surface area (Å²) in [6, 6.07) is 5.42. The number of benzene rings is 1. The summed E-state index contributed by atoms with van der Waals surface area (Å²) in [5.41, 5.74) is 3.28. The van der Waals surface area contributed by atoms with Crippen LogP contribution in [0.1, 0.15) is 11.3 Å². The number of aromatic nitrogens is 3. The number of hydrazone groups is 1. The van der Waals surface area contributed by atoms with Gasteiger partial charge in [-0.15, -0.1) is 10.2 Å². The predicted molar refractivity (Wildman–Crippen MR) is 78.2 cm³/mol. The minimum Gasteiger partial charge on any atom is -0.493 e. The molecule has 1 aromatic carbocycles. The lowest BCUT2D eigenvalue weighted by atomic mass is 10.2. The molecule has 0 atom stereocenters. The Morgan fingerprint density at radius 2 is 2.10 bits per heavy atom. The van der Waals surface area contributed by atoms with Gasteiger partial charge >= 0.3 is 0 Å². The molecule has 0 bridgehead atoms. The first kappa shape index (κ1) is 14.5. The van der Waals surface area contributed by atoms with Gasteiger partial charge in [0.15, 0.2) is 11.5 Å². The molecule has 0 radical (unpaired) electrons. The fourth-order valence-electron chi connectivity index (χ4n) is 1.62. The van der Waals surface area contributed by atoms with E-state index in [0.717, 1.165) is 0 Å². The number of aryl methyl sites for hydroxylation is 1. The highest BCUT2D eigenvalue weighted by Gasteiger charge is 2.07. The zero-order valence-corrected chi connectivity index (χ0v) is 11.9. The second kappa shape index (κ2) is 6.51. The molecule has 0 amide bonds. The maximum absolute atomic E-state index is 11.4. The molecule has 2 rings (SSSR count). The fourth-order valence-corrected chi connectivity index (χ4v) is 1.62. The minimum absolute atomic E-state index is 0.156. The highest BCUT2D eigenvalue weighted by Crippen LogP contribution is 2.29. The van der Waals surface area contributed by atoms with E-state index in [2.05, 4.69) is 25.7 Å². The smallest absolute Gasteiger partial charge is 0.274 e. The molecule has 1 aromatic heterocycles. The van der Waals surface area contributed by atoms with Crippen LogP contribution in [0.15, 0.2) is 28.1 Å². The first-order valence-corrected chi connectivity index (χ1v) is 6.09. The van der Waals surface area contributed by atoms with Crippen molar-refractivity contribution in [3.8, 4) is 11.5 Å². The van der Waals surface area contributed by atoms with Crippen molar-refractivity contribution in [2.75, 3.05) is 19.6 Å². The van der Waals surface area contributed by atoms with E-state index < -0.39 is 0 Å². The Hall–Kier alpha value is -2.90. The van der Waals surface area contributed by atoms with Gasteiger partial charge in [0.25, 0.3) is 5.56 Å². The Morgan fingerprint density at radius 3 is 2.76 bits per heavy atom. The monoisotopic (exact) mass is 289 g/mol.